The van der Waals surface area contributed by atoms with Crippen LogP contribution in [0.3, 0.4) is 0 Å². The number of carbonyl (C=O) groups excluding carboxylic acids is 1. The Hall–Kier alpha value is -1.44. The van der Waals surface area contributed by atoms with E-state index in [1.807, 2.05) is 30.3 Å². The van der Waals surface area contributed by atoms with Crippen LogP contribution in [0, 0.1) is 3.57 Å². The van der Waals surface area contributed by atoms with E-state index in [0.29, 0.717) is 22.0 Å². The second kappa shape index (κ2) is 5.75. The number of amides is 1. The van der Waals surface area contributed by atoms with E-state index in [2.05, 4.69) is 32.9 Å². The molecule has 106 valence electrons. The van der Waals surface area contributed by atoms with Gasteiger partial charge >= 0.3 is 0 Å². The van der Waals surface area contributed by atoms with Crippen LogP contribution in [0.1, 0.15) is 11.1 Å². The van der Waals surface area contributed by atoms with E-state index in [1.54, 1.807) is 12.1 Å². The van der Waals surface area contributed by atoms with Gasteiger partial charge in [-0.25, -0.2) is 4.99 Å². The molecule has 1 aliphatic heterocycles. The minimum Gasteiger partial charge on any atom is -0.364 e. The number of aliphatic hydroxyl groups excluding tert-OH is 1. The van der Waals surface area contributed by atoms with Gasteiger partial charge in [0.1, 0.15) is 0 Å². The zero-order valence-electron chi connectivity index (χ0n) is 10.7. The Labute approximate surface area is 140 Å². The molecule has 1 heterocycles. The molecule has 1 unspecified atom stereocenters. The van der Waals surface area contributed by atoms with Crippen LogP contribution in [0.5, 0.6) is 0 Å². The molecular formula is C15H10ClIN2O2. The van der Waals surface area contributed by atoms with E-state index in [4.69, 9.17) is 11.6 Å². The van der Waals surface area contributed by atoms with Crippen LogP contribution < -0.4 is 5.32 Å². The van der Waals surface area contributed by atoms with Gasteiger partial charge in [-0.3, -0.25) is 4.79 Å². The number of benzodiazepines with no additional fused rings is 1. The van der Waals surface area contributed by atoms with Gasteiger partial charge in [0.25, 0.3) is 5.91 Å². The predicted octanol–water partition coefficient (Wildman–Crippen LogP) is 3.05. The van der Waals surface area contributed by atoms with Crippen LogP contribution in [0.15, 0.2) is 47.5 Å². The molecule has 0 aliphatic carbocycles. The fraction of sp³-hybridized carbons (Fsp3) is 0.0667. The van der Waals surface area contributed by atoms with Crippen molar-refractivity contribution in [2.45, 2.75) is 6.23 Å². The topological polar surface area (TPSA) is 61.7 Å². The van der Waals surface area contributed by atoms with Crippen molar-refractivity contribution in [3.63, 3.8) is 0 Å². The van der Waals surface area contributed by atoms with Crippen molar-refractivity contribution in [2.24, 2.45) is 4.99 Å². The maximum atomic E-state index is 11.8. The van der Waals surface area contributed by atoms with E-state index >= 15 is 0 Å². The summed E-state index contributed by atoms with van der Waals surface area (Å²) >= 11 is 8.42. The van der Waals surface area contributed by atoms with E-state index in [1.165, 1.54) is 0 Å². The fourth-order valence-corrected chi connectivity index (χ4v) is 2.85. The minimum atomic E-state index is -1.46. The summed E-state index contributed by atoms with van der Waals surface area (Å²) in [5.41, 5.74) is 2.52. The van der Waals surface area contributed by atoms with E-state index in [9.17, 15) is 9.90 Å². The first-order chi connectivity index (χ1) is 10.1. The van der Waals surface area contributed by atoms with Crippen LogP contribution in [-0.2, 0) is 4.79 Å². The van der Waals surface area contributed by atoms with Gasteiger partial charge in [-0.05, 0) is 46.9 Å². The summed E-state index contributed by atoms with van der Waals surface area (Å²) in [6.07, 6.45) is -1.46. The zero-order chi connectivity index (χ0) is 15.0. The lowest BCUT2D eigenvalue weighted by Gasteiger charge is -2.11. The van der Waals surface area contributed by atoms with Crippen molar-refractivity contribution in [1.82, 2.24) is 0 Å². The highest BCUT2D eigenvalue weighted by molar-refractivity contribution is 14.1. The average Bonchev–Trinajstić information content (AvgIpc) is 2.58. The molecule has 0 saturated heterocycles. The summed E-state index contributed by atoms with van der Waals surface area (Å²) in [6.45, 7) is 0. The van der Waals surface area contributed by atoms with E-state index < -0.39 is 12.1 Å². The standard InChI is InChI=1S/C15H10ClIN2O2/c16-11-4-2-1-3-9(11)13-10-7-8(17)5-6-12(10)18-14(20)15(21)19-13/h1-7,15,21H,(H,18,20). The Balaban J connectivity index is 2.27. The van der Waals surface area contributed by atoms with Crippen molar-refractivity contribution >= 4 is 51.5 Å². The summed E-state index contributed by atoms with van der Waals surface area (Å²) in [5, 5.41) is 13.1. The minimum absolute atomic E-state index is 0.500. The van der Waals surface area contributed by atoms with Crippen molar-refractivity contribution in [2.75, 3.05) is 5.32 Å². The lowest BCUT2D eigenvalue weighted by atomic mass is 10.0. The number of halogens is 2. The number of aliphatic imine (C=N–C) groups is 1. The maximum Gasteiger partial charge on any atom is 0.276 e. The molecule has 0 fully saturated rings. The van der Waals surface area contributed by atoms with Crippen LogP contribution in [0.25, 0.3) is 0 Å². The van der Waals surface area contributed by atoms with Crippen molar-refractivity contribution in [3.05, 3.63) is 62.2 Å². The molecule has 3 rings (SSSR count). The number of nitrogens with zero attached hydrogens (tertiary/aromatic N) is 1. The molecule has 1 atom stereocenters. The first-order valence-electron chi connectivity index (χ1n) is 6.18. The zero-order valence-corrected chi connectivity index (χ0v) is 13.6. The summed E-state index contributed by atoms with van der Waals surface area (Å²) in [4.78, 5) is 16.0. The molecule has 2 N–H and O–H groups in total. The molecule has 0 aromatic heterocycles. The molecule has 1 aliphatic rings. The van der Waals surface area contributed by atoms with Crippen LogP contribution in [-0.4, -0.2) is 23.0 Å². The Morgan fingerprint density at radius 3 is 2.71 bits per heavy atom. The highest BCUT2D eigenvalue weighted by atomic mass is 127. The molecule has 2 aromatic carbocycles. The summed E-state index contributed by atoms with van der Waals surface area (Å²) < 4.78 is 0.997. The first-order valence-corrected chi connectivity index (χ1v) is 7.63. The highest BCUT2D eigenvalue weighted by Gasteiger charge is 2.25. The lowest BCUT2D eigenvalue weighted by molar-refractivity contribution is -0.123. The van der Waals surface area contributed by atoms with Gasteiger partial charge in [-0.2, -0.15) is 0 Å². The average molecular weight is 413 g/mol. The third-order valence-electron chi connectivity index (χ3n) is 3.11. The third-order valence-corrected chi connectivity index (χ3v) is 4.11. The molecule has 0 bridgehead atoms. The number of anilines is 1. The number of fused-ring (bicyclic) bond motifs is 1. The molecule has 1 amide bonds. The van der Waals surface area contributed by atoms with Gasteiger partial charge in [0.15, 0.2) is 0 Å². The first kappa shape index (κ1) is 14.5. The van der Waals surface area contributed by atoms with Crippen LogP contribution in [0.2, 0.25) is 5.02 Å². The van der Waals surface area contributed by atoms with Gasteiger partial charge < -0.3 is 10.4 Å². The number of hydrogen-bond acceptors (Lipinski definition) is 3. The Morgan fingerprint density at radius 2 is 1.95 bits per heavy atom. The Bertz CT molecular complexity index is 761. The number of hydrogen-bond donors (Lipinski definition) is 2. The predicted molar refractivity (Wildman–Crippen MR) is 90.9 cm³/mol. The third kappa shape index (κ3) is 2.81. The summed E-state index contributed by atoms with van der Waals surface area (Å²) in [6, 6.07) is 12.8. The molecule has 21 heavy (non-hydrogen) atoms. The van der Waals surface area contributed by atoms with Gasteiger partial charge in [-0.1, -0.05) is 29.8 Å². The van der Waals surface area contributed by atoms with Gasteiger partial charge in [-0.15, -0.1) is 0 Å². The molecular weight excluding hydrogens is 403 g/mol. The van der Waals surface area contributed by atoms with E-state index in [-0.39, 0.29) is 0 Å². The van der Waals surface area contributed by atoms with Crippen molar-refractivity contribution < 1.29 is 9.90 Å². The maximum absolute atomic E-state index is 11.8. The second-order valence-corrected chi connectivity index (χ2v) is 6.16. The molecule has 0 saturated carbocycles. The molecule has 4 nitrogen and oxygen atoms in total. The SMILES string of the molecule is O=C1Nc2ccc(I)cc2C(c2ccccc2Cl)=NC1O. The van der Waals surface area contributed by atoms with Gasteiger partial charge in [0.05, 0.1) is 11.4 Å². The molecule has 2 aromatic rings. The van der Waals surface area contributed by atoms with Crippen molar-refractivity contribution in [1.29, 1.82) is 0 Å². The second-order valence-electron chi connectivity index (χ2n) is 4.51. The van der Waals surface area contributed by atoms with Crippen molar-refractivity contribution in [3.8, 4) is 0 Å². The number of benzene rings is 2. The Morgan fingerprint density at radius 1 is 1.19 bits per heavy atom. The lowest BCUT2D eigenvalue weighted by Crippen LogP contribution is -2.24. The fourth-order valence-electron chi connectivity index (χ4n) is 2.14. The highest BCUT2D eigenvalue weighted by Crippen LogP contribution is 2.28. The monoisotopic (exact) mass is 412 g/mol. The van der Waals surface area contributed by atoms with Gasteiger partial charge in [0.2, 0.25) is 6.23 Å². The van der Waals surface area contributed by atoms with Crippen LogP contribution >= 0.6 is 34.2 Å². The largest absolute Gasteiger partial charge is 0.364 e. The number of carbonyl (C=O) groups is 1. The Kier molecular flexibility index (Phi) is 3.97. The number of rotatable bonds is 1. The summed E-state index contributed by atoms with van der Waals surface area (Å²) in [5.74, 6) is -0.556. The summed E-state index contributed by atoms with van der Waals surface area (Å²) in [7, 11) is 0. The number of nitrogens with one attached hydrogen (secondary N) is 1. The number of aliphatic hydroxyl groups is 1. The molecule has 0 radical (unpaired) electrons. The molecule has 0 spiro atoms. The molecule has 6 heteroatoms. The smallest absolute Gasteiger partial charge is 0.276 e. The van der Waals surface area contributed by atoms with Crippen LogP contribution in [0.4, 0.5) is 5.69 Å². The quantitative estimate of drug-likeness (QED) is 0.707. The van der Waals surface area contributed by atoms with E-state index in [0.717, 1.165) is 9.13 Å². The van der Waals surface area contributed by atoms with Gasteiger partial charge in [0, 0.05) is 19.7 Å². The normalized spacial score (nSPS) is 17.6.